The van der Waals surface area contributed by atoms with Gasteiger partial charge in [-0.1, -0.05) is 0 Å². The molecule has 1 aliphatic heterocycles. The molecule has 2 rings (SSSR count). The summed E-state index contributed by atoms with van der Waals surface area (Å²) in [5.74, 6) is -1.08. The minimum absolute atomic E-state index is 0.0708. The molecule has 0 spiro atoms. The number of nitrogens with zero attached hydrogens (tertiary/aromatic N) is 2. The molecule has 1 heterocycles. The maximum Gasteiger partial charge on any atom is 0.335 e. The number of likely N-dealkylation sites (N-methyl/N-ethyl adjacent to an activating group) is 1. The van der Waals surface area contributed by atoms with E-state index in [1.165, 1.54) is 17.0 Å². The number of aromatic carboxylic acids is 1. The van der Waals surface area contributed by atoms with Gasteiger partial charge in [0, 0.05) is 20.1 Å². The third-order valence-corrected chi connectivity index (χ3v) is 3.02. The van der Waals surface area contributed by atoms with Crippen molar-refractivity contribution in [1.82, 2.24) is 0 Å². The van der Waals surface area contributed by atoms with Gasteiger partial charge in [-0.2, -0.15) is 0 Å². The van der Waals surface area contributed by atoms with Gasteiger partial charge in [-0.25, -0.2) is 4.79 Å². The highest BCUT2D eigenvalue weighted by molar-refractivity contribution is 6.04. The first-order valence-corrected chi connectivity index (χ1v) is 5.63. The molecular weight excluding hydrogens is 234 g/mol. The summed E-state index contributed by atoms with van der Waals surface area (Å²) in [6, 6.07) is 4.77. The predicted molar refractivity (Wildman–Crippen MR) is 68.1 cm³/mol. The van der Waals surface area contributed by atoms with E-state index in [4.69, 9.17) is 10.8 Å². The number of anilines is 2. The van der Waals surface area contributed by atoms with Crippen LogP contribution in [0.15, 0.2) is 18.2 Å². The Morgan fingerprint density at radius 1 is 1.44 bits per heavy atom. The van der Waals surface area contributed by atoms with Crippen LogP contribution in [0, 0.1) is 0 Å². The lowest BCUT2D eigenvalue weighted by molar-refractivity contribution is -0.117. The molecule has 1 aliphatic rings. The number of carboxylic acid groups (broad SMARTS) is 1. The Hall–Kier alpha value is -2.08. The maximum absolute atomic E-state index is 11.8. The quantitative estimate of drug-likeness (QED) is 0.795. The molecule has 18 heavy (non-hydrogen) atoms. The minimum Gasteiger partial charge on any atom is -0.478 e. The van der Waals surface area contributed by atoms with E-state index in [9.17, 15) is 9.59 Å². The fourth-order valence-electron chi connectivity index (χ4n) is 2.04. The number of carboxylic acids is 1. The van der Waals surface area contributed by atoms with Crippen molar-refractivity contribution in [2.75, 3.05) is 36.5 Å². The topological polar surface area (TPSA) is 86.9 Å². The number of rotatable bonds is 3. The van der Waals surface area contributed by atoms with E-state index >= 15 is 0 Å². The summed E-state index contributed by atoms with van der Waals surface area (Å²) in [5, 5.41) is 8.97. The number of carbonyl (C=O) groups is 2. The normalized spacial score (nSPS) is 14.7. The number of carbonyl (C=O) groups excluding carboxylic acids is 1. The molecule has 1 amide bonds. The largest absolute Gasteiger partial charge is 0.478 e. The van der Waals surface area contributed by atoms with Crippen molar-refractivity contribution in [2.45, 2.75) is 0 Å². The molecule has 0 aliphatic carbocycles. The smallest absolute Gasteiger partial charge is 0.335 e. The first kappa shape index (κ1) is 12.4. The third-order valence-electron chi connectivity index (χ3n) is 3.02. The molecule has 0 aromatic heterocycles. The Morgan fingerprint density at radius 2 is 2.17 bits per heavy atom. The fraction of sp³-hybridized carbons (Fsp3) is 0.333. The van der Waals surface area contributed by atoms with E-state index in [0.717, 1.165) is 5.69 Å². The second kappa shape index (κ2) is 4.66. The van der Waals surface area contributed by atoms with Crippen LogP contribution in [0.25, 0.3) is 0 Å². The average Bonchev–Trinajstić information content (AvgIpc) is 2.35. The molecule has 6 nitrogen and oxygen atoms in total. The third kappa shape index (κ3) is 2.02. The summed E-state index contributed by atoms with van der Waals surface area (Å²) >= 11 is 0. The second-order valence-corrected chi connectivity index (χ2v) is 4.17. The molecule has 0 saturated carbocycles. The predicted octanol–water partition coefficient (Wildman–Crippen LogP) is 0.126. The summed E-state index contributed by atoms with van der Waals surface area (Å²) in [5.41, 5.74) is 7.13. The van der Waals surface area contributed by atoms with Crippen molar-refractivity contribution in [3.8, 4) is 0 Å². The van der Waals surface area contributed by atoms with Gasteiger partial charge in [0.15, 0.2) is 0 Å². The van der Waals surface area contributed by atoms with Gasteiger partial charge in [0.05, 0.1) is 23.5 Å². The maximum atomic E-state index is 11.8. The van der Waals surface area contributed by atoms with Crippen LogP contribution in [0.4, 0.5) is 11.4 Å². The minimum atomic E-state index is -1.01. The number of hydrogen-bond acceptors (Lipinski definition) is 4. The molecular formula is C12H15N3O3. The second-order valence-electron chi connectivity index (χ2n) is 4.17. The highest BCUT2D eigenvalue weighted by Crippen LogP contribution is 2.33. The lowest BCUT2D eigenvalue weighted by Crippen LogP contribution is -2.45. The van der Waals surface area contributed by atoms with Gasteiger partial charge in [0.2, 0.25) is 5.91 Å². The van der Waals surface area contributed by atoms with Crippen LogP contribution < -0.4 is 15.5 Å². The van der Waals surface area contributed by atoms with Gasteiger partial charge in [0.1, 0.15) is 0 Å². The molecule has 0 fully saturated rings. The number of hydrogen-bond donors (Lipinski definition) is 2. The molecule has 0 radical (unpaired) electrons. The van der Waals surface area contributed by atoms with Gasteiger partial charge < -0.3 is 20.6 Å². The van der Waals surface area contributed by atoms with Crippen molar-refractivity contribution in [3.05, 3.63) is 23.8 Å². The fourth-order valence-corrected chi connectivity index (χ4v) is 2.04. The Kier molecular flexibility index (Phi) is 3.20. The molecule has 1 aromatic carbocycles. The van der Waals surface area contributed by atoms with Crippen LogP contribution in [-0.4, -0.2) is 43.7 Å². The lowest BCUT2D eigenvalue weighted by atomic mass is 10.1. The van der Waals surface area contributed by atoms with Gasteiger partial charge in [-0.3, -0.25) is 4.79 Å². The molecule has 0 bridgehead atoms. The zero-order valence-electron chi connectivity index (χ0n) is 10.1. The van der Waals surface area contributed by atoms with E-state index in [1.807, 2.05) is 4.90 Å². The van der Waals surface area contributed by atoms with Crippen LogP contribution in [0.5, 0.6) is 0 Å². The summed E-state index contributed by atoms with van der Waals surface area (Å²) in [6.45, 7) is 1.28. The summed E-state index contributed by atoms with van der Waals surface area (Å²) in [4.78, 5) is 26.1. The first-order valence-electron chi connectivity index (χ1n) is 5.63. The molecule has 0 atom stereocenters. The molecule has 0 saturated heterocycles. The summed E-state index contributed by atoms with van der Waals surface area (Å²) < 4.78 is 0. The van der Waals surface area contributed by atoms with Crippen molar-refractivity contribution in [2.24, 2.45) is 5.73 Å². The SMILES string of the molecule is CN1C(=O)CN(CCN)c2ccc(C(=O)O)cc21. The van der Waals surface area contributed by atoms with Crippen LogP contribution >= 0.6 is 0 Å². The number of benzene rings is 1. The highest BCUT2D eigenvalue weighted by atomic mass is 16.4. The van der Waals surface area contributed by atoms with E-state index in [2.05, 4.69) is 0 Å². The monoisotopic (exact) mass is 249 g/mol. The lowest BCUT2D eigenvalue weighted by Gasteiger charge is -2.35. The van der Waals surface area contributed by atoms with Crippen molar-refractivity contribution in [3.63, 3.8) is 0 Å². The van der Waals surface area contributed by atoms with E-state index in [0.29, 0.717) is 18.8 Å². The first-order chi connectivity index (χ1) is 8.54. The van der Waals surface area contributed by atoms with Gasteiger partial charge in [0.25, 0.3) is 0 Å². The van der Waals surface area contributed by atoms with Crippen LogP contribution in [0.2, 0.25) is 0 Å². The highest BCUT2D eigenvalue weighted by Gasteiger charge is 2.26. The number of nitrogens with two attached hydrogens (primary N) is 1. The van der Waals surface area contributed by atoms with Gasteiger partial charge in [-0.05, 0) is 18.2 Å². The number of amides is 1. The van der Waals surface area contributed by atoms with E-state index in [1.54, 1.807) is 13.1 Å². The summed E-state index contributed by atoms with van der Waals surface area (Å²) in [6.07, 6.45) is 0. The molecule has 96 valence electrons. The van der Waals surface area contributed by atoms with E-state index < -0.39 is 5.97 Å². The van der Waals surface area contributed by atoms with Crippen molar-refractivity contribution in [1.29, 1.82) is 0 Å². The van der Waals surface area contributed by atoms with Crippen LogP contribution in [0.3, 0.4) is 0 Å². The van der Waals surface area contributed by atoms with Crippen molar-refractivity contribution >= 4 is 23.3 Å². The zero-order chi connectivity index (χ0) is 13.3. The van der Waals surface area contributed by atoms with Gasteiger partial charge in [-0.15, -0.1) is 0 Å². The Bertz CT molecular complexity index is 501. The Balaban J connectivity index is 2.48. The zero-order valence-corrected chi connectivity index (χ0v) is 10.1. The van der Waals surface area contributed by atoms with E-state index in [-0.39, 0.29) is 18.0 Å². The number of fused-ring (bicyclic) bond motifs is 1. The van der Waals surface area contributed by atoms with Crippen LogP contribution in [-0.2, 0) is 4.79 Å². The average molecular weight is 249 g/mol. The molecule has 3 N–H and O–H groups in total. The Morgan fingerprint density at radius 3 is 2.78 bits per heavy atom. The van der Waals surface area contributed by atoms with Gasteiger partial charge >= 0.3 is 5.97 Å². The molecule has 1 aromatic rings. The molecule has 0 unspecified atom stereocenters. The summed E-state index contributed by atoms with van der Waals surface area (Å²) in [7, 11) is 1.65. The van der Waals surface area contributed by atoms with Crippen LogP contribution in [0.1, 0.15) is 10.4 Å². The van der Waals surface area contributed by atoms with Crippen molar-refractivity contribution < 1.29 is 14.7 Å². The Labute approximate surface area is 105 Å². The standard InChI is InChI=1S/C12H15N3O3/c1-14-10-6-8(12(17)18)2-3-9(10)15(5-4-13)7-11(14)16/h2-3,6H,4-5,7,13H2,1H3,(H,17,18). The molecule has 6 heteroatoms.